The quantitative estimate of drug-likeness (QED) is 0.791. The van der Waals surface area contributed by atoms with E-state index in [1.807, 2.05) is 35.7 Å². The van der Waals surface area contributed by atoms with Gasteiger partial charge >= 0.3 is 12.1 Å². The Morgan fingerprint density at radius 2 is 2.05 bits per heavy atom. The molecular formula is C15H14BrNO4S. The Morgan fingerprint density at radius 3 is 2.64 bits per heavy atom. The maximum atomic E-state index is 11.9. The van der Waals surface area contributed by atoms with E-state index in [9.17, 15) is 9.59 Å². The minimum absolute atomic E-state index is 0.139. The standard InChI is InChI=1S/C15H14BrNO4S/c16-11-6-13(22-9-11)12(7-14(18)19)17-15(20)21-8-10-4-2-1-3-5-10/h1-6,9,12H,7-8H2,(H,17,20)(H,18,19)/t12-/m1/s1. The minimum Gasteiger partial charge on any atom is -0.481 e. The lowest BCUT2D eigenvalue weighted by molar-refractivity contribution is -0.137. The number of rotatable bonds is 6. The van der Waals surface area contributed by atoms with Crippen LogP contribution in [0.25, 0.3) is 0 Å². The molecule has 7 heteroatoms. The number of carboxylic acids is 1. The molecule has 2 rings (SSSR count). The third kappa shape index (κ3) is 5.16. The molecule has 0 unspecified atom stereocenters. The van der Waals surface area contributed by atoms with Gasteiger partial charge in [0, 0.05) is 14.7 Å². The third-order valence-electron chi connectivity index (χ3n) is 2.81. The Labute approximate surface area is 140 Å². The second-order valence-corrected chi connectivity index (χ2v) is 6.38. The number of amides is 1. The van der Waals surface area contributed by atoms with Crippen LogP contribution in [-0.4, -0.2) is 17.2 Å². The first-order chi connectivity index (χ1) is 10.5. The van der Waals surface area contributed by atoms with Crippen LogP contribution in [0.3, 0.4) is 0 Å². The zero-order chi connectivity index (χ0) is 15.9. The van der Waals surface area contributed by atoms with Crippen molar-refractivity contribution >= 4 is 39.3 Å². The molecule has 0 saturated heterocycles. The monoisotopic (exact) mass is 383 g/mol. The zero-order valence-electron chi connectivity index (χ0n) is 11.5. The van der Waals surface area contributed by atoms with Crippen LogP contribution in [-0.2, 0) is 16.1 Å². The summed E-state index contributed by atoms with van der Waals surface area (Å²) < 4.78 is 5.97. The van der Waals surface area contributed by atoms with E-state index in [2.05, 4.69) is 21.2 Å². The molecule has 0 fully saturated rings. The van der Waals surface area contributed by atoms with Crippen LogP contribution >= 0.6 is 27.3 Å². The van der Waals surface area contributed by atoms with Gasteiger partial charge in [-0.1, -0.05) is 30.3 Å². The average molecular weight is 384 g/mol. The number of carboxylic acid groups (broad SMARTS) is 1. The zero-order valence-corrected chi connectivity index (χ0v) is 13.9. The van der Waals surface area contributed by atoms with Crippen LogP contribution in [0.2, 0.25) is 0 Å². The highest BCUT2D eigenvalue weighted by Crippen LogP contribution is 2.27. The van der Waals surface area contributed by atoms with Gasteiger partial charge in [-0.25, -0.2) is 4.79 Å². The van der Waals surface area contributed by atoms with Gasteiger partial charge in [0.05, 0.1) is 12.5 Å². The summed E-state index contributed by atoms with van der Waals surface area (Å²) >= 11 is 4.69. The Morgan fingerprint density at radius 1 is 1.32 bits per heavy atom. The van der Waals surface area contributed by atoms with Crippen molar-refractivity contribution in [3.05, 3.63) is 56.7 Å². The summed E-state index contributed by atoms with van der Waals surface area (Å²) in [6.07, 6.45) is -0.840. The second kappa shape index (κ2) is 7.95. The molecule has 0 aliphatic heterocycles. The highest BCUT2D eigenvalue weighted by atomic mass is 79.9. The van der Waals surface area contributed by atoms with Gasteiger partial charge in [0.1, 0.15) is 6.61 Å². The summed E-state index contributed by atoms with van der Waals surface area (Å²) in [6, 6.07) is 10.4. The number of thiophene rings is 1. The Hall–Kier alpha value is -1.86. The number of aliphatic carboxylic acids is 1. The molecule has 0 saturated carbocycles. The van der Waals surface area contributed by atoms with E-state index in [1.54, 1.807) is 6.07 Å². The summed E-state index contributed by atoms with van der Waals surface area (Å²) in [7, 11) is 0. The van der Waals surface area contributed by atoms with Gasteiger partial charge in [0.2, 0.25) is 0 Å². The number of benzene rings is 1. The van der Waals surface area contributed by atoms with Crippen molar-refractivity contribution in [2.45, 2.75) is 19.1 Å². The summed E-state index contributed by atoms with van der Waals surface area (Å²) in [5.41, 5.74) is 0.867. The molecule has 2 aromatic rings. The molecule has 1 aromatic heterocycles. The summed E-state index contributed by atoms with van der Waals surface area (Å²) in [4.78, 5) is 23.6. The maximum absolute atomic E-state index is 11.9. The van der Waals surface area contributed by atoms with Gasteiger partial charge in [-0.05, 0) is 27.6 Å². The first kappa shape index (κ1) is 16.5. The van der Waals surface area contributed by atoms with Crippen molar-refractivity contribution in [3.63, 3.8) is 0 Å². The number of ether oxygens (including phenoxy) is 1. The number of hydrogen-bond acceptors (Lipinski definition) is 4. The normalized spacial score (nSPS) is 11.7. The van der Waals surface area contributed by atoms with Crippen LogP contribution in [0.15, 0.2) is 46.3 Å². The fourth-order valence-corrected chi connectivity index (χ4v) is 3.31. The molecule has 0 bridgehead atoms. The predicted octanol–water partition coefficient (Wildman–Crippen LogP) is 3.95. The van der Waals surface area contributed by atoms with Gasteiger partial charge in [-0.3, -0.25) is 4.79 Å². The molecular weight excluding hydrogens is 370 g/mol. The molecule has 1 amide bonds. The Balaban J connectivity index is 1.94. The summed E-state index contributed by atoms with van der Waals surface area (Å²) in [5.74, 6) is -0.988. The lowest BCUT2D eigenvalue weighted by atomic mass is 10.2. The van der Waals surface area contributed by atoms with Gasteiger partial charge in [0.25, 0.3) is 0 Å². The molecule has 22 heavy (non-hydrogen) atoms. The topological polar surface area (TPSA) is 75.6 Å². The molecule has 116 valence electrons. The van der Waals surface area contributed by atoms with Crippen LogP contribution < -0.4 is 5.32 Å². The minimum atomic E-state index is -0.988. The number of carbonyl (C=O) groups is 2. The average Bonchev–Trinajstić information content (AvgIpc) is 2.92. The molecule has 1 atom stereocenters. The number of nitrogens with one attached hydrogen (secondary N) is 1. The smallest absolute Gasteiger partial charge is 0.407 e. The third-order valence-corrected chi connectivity index (χ3v) is 4.62. The van der Waals surface area contributed by atoms with Crippen molar-refractivity contribution in [1.29, 1.82) is 0 Å². The summed E-state index contributed by atoms with van der Waals surface area (Å²) in [5, 5.41) is 13.4. The molecule has 0 radical (unpaired) electrons. The Bertz CT molecular complexity index is 644. The van der Waals surface area contributed by atoms with E-state index in [4.69, 9.17) is 9.84 Å². The van der Waals surface area contributed by atoms with Crippen molar-refractivity contribution in [3.8, 4) is 0 Å². The first-order valence-electron chi connectivity index (χ1n) is 6.47. The highest BCUT2D eigenvalue weighted by Gasteiger charge is 2.20. The number of alkyl carbamates (subject to hydrolysis) is 1. The van der Waals surface area contributed by atoms with Gasteiger partial charge in [-0.2, -0.15) is 0 Å². The number of hydrogen-bond donors (Lipinski definition) is 2. The van der Waals surface area contributed by atoms with Crippen LogP contribution in [0.4, 0.5) is 4.79 Å². The maximum Gasteiger partial charge on any atom is 0.407 e. The highest BCUT2D eigenvalue weighted by molar-refractivity contribution is 9.10. The SMILES string of the molecule is O=C(O)C[C@@H](NC(=O)OCc1ccccc1)c1cc(Br)cs1. The van der Waals surface area contributed by atoms with Crippen LogP contribution in [0.5, 0.6) is 0 Å². The van der Waals surface area contributed by atoms with Crippen LogP contribution in [0, 0.1) is 0 Å². The van der Waals surface area contributed by atoms with E-state index in [0.717, 1.165) is 14.9 Å². The van der Waals surface area contributed by atoms with Crippen molar-refractivity contribution in [2.24, 2.45) is 0 Å². The van der Waals surface area contributed by atoms with E-state index in [-0.39, 0.29) is 13.0 Å². The van der Waals surface area contributed by atoms with Crippen molar-refractivity contribution in [1.82, 2.24) is 5.32 Å². The Kier molecular flexibility index (Phi) is 5.97. The second-order valence-electron chi connectivity index (χ2n) is 4.52. The van der Waals surface area contributed by atoms with Crippen LogP contribution in [0.1, 0.15) is 22.9 Å². The first-order valence-corrected chi connectivity index (χ1v) is 8.15. The number of halogens is 1. The molecule has 1 heterocycles. The molecule has 5 nitrogen and oxygen atoms in total. The van der Waals surface area contributed by atoms with Gasteiger partial charge in [0.15, 0.2) is 0 Å². The van der Waals surface area contributed by atoms with E-state index in [1.165, 1.54) is 11.3 Å². The van der Waals surface area contributed by atoms with Crippen molar-refractivity contribution in [2.75, 3.05) is 0 Å². The lowest BCUT2D eigenvalue weighted by Crippen LogP contribution is -2.30. The predicted molar refractivity (Wildman–Crippen MR) is 86.8 cm³/mol. The molecule has 0 aliphatic carbocycles. The molecule has 2 N–H and O–H groups in total. The molecule has 1 aromatic carbocycles. The van der Waals surface area contributed by atoms with Gasteiger partial charge in [-0.15, -0.1) is 11.3 Å². The fraction of sp³-hybridized carbons (Fsp3) is 0.200. The van der Waals surface area contributed by atoms with E-state index < -0.39 is 18.1 Å². The van der Waals surface area contributed by atoms with E-state index in [0.29, 0.717) is 0 Å². The fourth-order valence-electron chi connectivity index (χ4n) is 1.82. The molecule has 0 spiro atoms. The number of carbonyl (C=O) groups excluding carboxylic acids is 1. The van der Waals surface area contributed by atoms with E-state index >= 15 is 0 Å². The molecule has 0 aliphatic rings. The lowest BCUT2D eigenvalue weighted by Gasteiger charge is -2.15. The summed E-state index contributed by atoms with van der Waals surface area (Å²) in [6.45, 7) is 0.139. The largest absolute Gasteiger partial charge is 0.481 e. The van der Waals surface area contributed by atoms with Crippen molar-refractivity contribution < 1.29 is 19.4 Å². The van der Waals surface area contributed by atoms with Gasteiger partial charge < -0.3 is 15.2 Å².